The highest BCUT2D eigenvalue weighted by molar-refractivity contribution is 5.94. The number of aryl methyl sites for hydroxylation is 1. The van der Waals surface area contributed by atoms with Gasteiger partial charge in [0, 0.05) is 30.6 Å². The molecular weight excluding hydrogens is 480 g/mol. The van der Waals surface area contributed by atoms with Gasteiger partial charge in [-0.05, 0) is 55.6 Å². The van der Waals surface area contributed by atoms with Gasteiger partial charge in [-0.2, -0.15) is 0 Å². The predicted molar refractivity (Wildman–Crippen MR) is 146 cm³/mol. The number of amides is 2. The maximum atomic E-state index is 13.1. The number of hydrogen-bond donors (Lipinski definition) is 3. The maximum Gasteiger partial charge on any atom is 0.306 e. The molecule has 1 aliphatic heterocycles. The zero-order valence-corrected chi connectivity index (χ0v) is 22.0. The number of carbonyl (C=O) groups is 3. The van der Waals surface area contributed by atoms with Crippen molar-refractivity contribution in [3.8, 4) is 0 Å². The lowest BCUT2D eigenvalue weighted by Gasteiger charge is -2.35. The second kappa shape index (κ2) is 12.7. The molecule has 2 atom stereocenters. The van der Waals surface area contributed by atoms with Crippen LogP contribution in [0.25, 0.3) is 0 Å². The monoisotopic (exact) mass is 518 g/mol. The summed E-state index contributed by atoms with van der Waals surface area (Å²) in [5.41, 5.74) is 8.64. The van der Waals surface area contributed by atoms with Crippen LogP contribution in [-0.4, -0.2) is 54.8 Å². The van der Waals surface area contributed by atoms with E-state index in [-0.39, 0.29) is 47.9 Å². The van der Waals surface area contributed by atoms with Crippen LogP contribution in [0.15, 0.2) is 54.6 Å². The van der Waals surface area contributed by atoms with Crippen LogP contribution < -0.4 is 11.1 Å². The first-order valence-electron chi connectivity index (χ1n) is 13.5. The lowest BCUT2D eigenvalue weighted by Crippen LogP contribution is -2.41. The second-order valence-corrected chi connectivity index (χ2v) is 10.5. The standard InChI is InChI=1S/C30H38N4O4/c1-38-27(35)19-25-18-26(34(30(25)37)15-5-8-20-6-3-2-4-7-20)13-14-33-29(36)24-16-23(17-24)21-9-11-22(12-10-21)28(31)32/h2-4,6-7,9-12,23-26H,5,8,13-19H2,1H3,(H3,31,32)(H,33,36)/t23?,24?,25-,26+/m0/s1. The van der Waals surface area contributed by atoms with E-state index in [1.165, 1.54) is 18.2 Å². The number of carbonyl (C=O) groups excluding carboxylic acids is 3. The van der Waals surface area contributed by atoms with Gasteiger partial charge in [-0.25, -0.2) is 0 Å². The van der Waals surface area contributed by atoms with Crippen LogP contribution in [-0.2, 0) is 25.5 Å². The smallest absolute Gasteiger partial charge is 0.306 e. The van der Waals surface area contributed by atoms with Gasteiger partial charge < -0.3 is 20.7 Å². The van der Waals surface area contributed by atoms with Gasteiger partial charge in [-0.15, -0.1) is 0 Å². The fourth-order valence-corrected chi connectivity index (χ4v) is 5.64. The fourth-order valence-electron chi connectivity index (χ4n) is 5.64. The van der Waals surface area contributed by atoms with Gasteiger partial charge in [0.1, 0.15) is 5.84 Å². The summed E-state index contributed by atoms with van der Waals surface area (Å²) in [6.07, 6.45) is 4.72. The molecule has 2 aliphatic rings. The first-order chi connectivity index (χ1) is 18.4. The van der Waals surface area contributed by atoms with Gasteiger partial charge in [-0.1, -0.05) is 54.6 Å². The van der Waals surface area contributed by atoms with E-state index in [2.05, 4.69) is 17.4 Å². The molecule has 1 aliphatic carbocycles. The van der Waals surface area contributed by atoms with Gasteiger partial charge in [-0.3, -0.25) is 19.8 Å². The first-order valence-corrected chi connectivity index (χ1v) is 13.5. The van der Waals surface area contributed by atoms with Crippen LogP contribution >= 0.6 is 0 Å². The Bertz CT molecular complexity index is 1130. The number of esters is 1. The summed E-state index contributed by atoms with van der Waals surface area (Å²) in [7, 11) is 1.35. The van der Waals surface area contributed by atoms with Gasteiger partial charge in [0.2, 0.25) is 11.8 Å². The summed E-state index contributed by atoms with van der Waals surface area (Å²) >= 11 is 0. The quantitative estimate of drug-likeness (QED) is 0.226. The van der Waals surface area contributed by atoms with Crippen LogP contribution in [0.5, 0.6) is 0 Å². The number of rotatable bonds is 12. The Hall–Kier alpha value is -3.68. The summed E-state index contributed by atoms with van der Waals surface area (Å²) in [4.78, 5) is 39.6. The number of ether oxygens (including phenoxy) is 1. The number of nitrogen functional groups attached to an aromatic ring is 1. The molecule has 2 aromatic rings. The number of likely N-dealkylation sites (tertiary alicyclic amines) is 1. The summed E-state index contributed by atoms with van der Waals surface area (Å²) in [5, 5.41) is 10.6. The third-order valence-electron chi connectivity index (χ3n) is 7.96. The topological polar surface area (TPSA) is 126 Å². The van der Waals surface area contributed by atoms with Crippen LogP contribution in [0.4, 0.5) is 0 Å². The van der Waals surface area contributed by atoms with Crippen LogP contribution in [0.1, 0.15) is 61.1 Å². The Kier molecular flexibility index (Phi) is 9.15. The SMILES string of the molecule is COC(=O)C[C@@H]1C[C@@H](CCNC(=O)C2CC(c3ccc(C(=N)N)cc3)C2)N(CCCc2ccccc2)C1=O. The van der Waals surface area contributed by atoms with Gasteiger partial charge >= 0.3 is 5.97 Å². The van der Waals surface area contributed by atoms with Crippen molar-refractivity contribution in [1.82, 2.24) is 10.2 Å². The molecule has 2 aromatic carbocycles. The van der Waals surface area contributed by atoms with Gasteiger partial charge in [0.05, 0.1) is 19.4 Å². The summed E-state index contributed by atoms with van der Waals surface area (Å²) in [6, 6.07) is 17.9. The van der Waals surface area contributed by atoms with Crippen LogP contribution in [0.2, 0.25) is 0 Å². The highest BCUT2D eigenvalue weighted by Crippen LogP contribution is 2.41. The molecule has 1 saturated carbocycles. The third-order valence-corrected chi connectivity index (χ3v) is 7.96. The molecule has 4 N–H and O–H groups in total. The molecule has 0 unspecified atom stereocenters. The average molecular weight is 519 g/mol. The van der Waals surface area contributed by atoms with Crippen molar-refractivity contribution in [2.75, 3.05) is 20.2 Å². The molecule has 1 heterocycles. The van der Waals surface area contributed by atoms with E-state index >= 15 is 0 Å². The summed E-state index contributed by atoms with van der Waals surface area (Å²) < 4.78 is 4.80. The molecule has 8 heteroatoms. The van der Waals surface area contributed by atoms with Crippen molar-refractivity contribution in [3.63, 3.8) is 0 Å². The number of methoxy groups -OCH3 is 1. The number of hydrogen-bond acceptors (Lipinski definition) is 5. The maximum absolute atomic E-state index is 13.1. The molecule has 8 nitrogen and oxygen atoms in total. The van der Waals surface area contributed by atoms with Crippen molar-refractivity contribution in [2.24, 2.45) is 17.6 Å². The van der Waals surface area contributed by atoms with E-state index in [9.17, 15) is 14.4 Å². The van der Waals surface area contributed by atoms with Crippen molar-refractivity contribution < 1.29 is 19.1 Å². The summed E-state index contributed by atoms with van der Waals surface area (Å²) in [6.45, 7) is 1.14. The van der Waals surface area contributed by atoms with E-state index in [4.69, 9.17) is 15.9 Å². The minimum Gasteiger partial charge on any atom is -0.469 e. The van der Waals surface area contributed by atoms with Gasteiger partial charge in [0.25, 0.3) is 0 Å². The molecule has 2 fully saturated rings. The Morgan fingerprint density at radius 1 is 1.08 bits per heavy atom. The van der Waals surface area contributed by atoms with E-state index in [0.717, 1.165) is 25.7 Å². The molecule has 202 valence electrons. The molecule has 1 saturated heterocycles. The molecule has 0 bridgehead atoms. The molecule has 0 spiro atoms. The van der Waals surface area contributed by atoms with Crippen molar-refractivity contribution in [3.05, 3.63) is 71.3 Å². The van der Waals surface area contributed by atoms with E-state index < -0.39 is 0 Å². The molecule has 0 radical (unpaired) electrons. The zero-order chi connectivity index (χ0) is 27.1. The predicted octanol–water partition coefficient (Wildman–Crippen LogP) is 3.38. The highest BCUT2D eigenvalue weighted by atomic mass is 16.5. The Labute approximate surface area is 224 Å². The summed E-state index contributed by atoms with van der Waals surface area (Å²) in [5.74, 6) is -0.258. The first kappa shape index (κ1) is 27.4. The molecule has 38 heavy (non-hydrogen) atoms. The molecule has 2 amide bonds. The Balaban J connectivity index is 1.25. The minimum absolute atomic E-state index is 0.00200. The molecule has 4 rings (SSSR count). The van der Waals surface area contributed by atoms with Gasteiger partial charge in [0.15, 0.2) is 0 Å². The van der Waals surface area contributed by atoms with E-state index in [1.54, 1.807) is 0 Å². The van der Waals surface area contributed by atoms with Crippen LogP contribution in [0.3, 0.4) is 0 Å². The lowest BCUT2D eigenvalue weighted by atomic mass is 9.71. The van der Waals surface area contributed by atoms with Crippen LogP contribution in [0, 0.1) is 17.2 Å². The number of benzene rings is 2. The second-order valence-electron chi connectivity index (χ2n) is 10.5. The fraction of sp³-hybridized carbons (Fsp3) is 0.467. The normalized spacial score (nSPS) is 22.6. The largest absolute Gasteiger partial charge is 0.469 e. The van der Waals surface area contributed by atoms with Crippen molar-refractivity contribution in [2.45, 2.75) is 56.9 Å². The number of nitrogens with two attached hydrogens (primary N) is 1. The van der Waals surface area contributed by atoms with Crippen molar-refractivity contribution >= 4 is 23.6 Å². The zero-order valence-electron chi connectivity index (χ0n) is 22.0. The lowest BCUT2D eigenvalue weighted by molar-refractivity contribution is -0.144. The molecule has 0 aromatic heterocycles. The number of nitrogens with zero attached hydrogens (tertiary/aromatic N) is 1. The number of nitrogens with one attached hydrogen (secondary N) is 2. The Morgan fingerprint density at radius 3 is 2.45 bits per heavy atom. The third kappa shape index (κ3) is 6.79. The highest BCUT2D eigenvalue weighted by Gasteiger charge is 2.40. The van der Waals surface area contributed by atoms with Crippen molar-refractivity contribution in [1.29, 1.82) is 5.41 Å². The Morgan fingerprint density at radius 2 is 1.79 bits per heavy atom. The van der Waals surface area contributed by atoms with E-state index in [1.807, 2.05) is 47.4 Å². The van der Waals surface area contributed by atoms with E-state index in [0.29, 0.717) is 37.4 Å². The number of amidine groups is 1. The average Bonchev–Trinajstić information content (AvgIpc) is 3.17. The minimum atomic E-state index is -0.364. The molecular formula is C30H38N4O4.